The maximum atomic E-state index is 11.9. The number of ether oxygens (including phenoxy) is 1. The number of hydrogen-bond donors (Lipinski definition) is 2. The van der Waals surface area contributed by atoms with Gasteiger partial charge in [0.2, 0.25) is 0 Å². The number of carbonyl (C=O) groups is 1. The molecule has 0 spiro atoms. The molecule has 3 rings (SSSR count). The summed E-state index contributed by atoms with van der Waals surface area (Å²) < 4.78 is 6.27. The number of halogens is 1. The molecular formula is C17H16BrNO3. The first-order chi connectivity index (χ1) is 10.6. The van der Waals surface area contributed by atoms with E-state index in [1.54, 1.807) is 12.1 Å². The van der Waals surface area contributed by atoms with E-state index in [4.69, 9.17) is 4.74 Å². The molecule has 0 fully saturated rings. The smallest absolute Gasteiger partial charge is 0.262 e. The molecule has 22 heavy (non-hydrogen) atoms. The number of carbonyl (C=O) groups excluding carboxylic acids is 1. The summed E-state index contributed by atoms with van der Waals surface area (Å²) in [4.78, 5) is 11.9. The molecule has 0 aromatic heterocycles. The fraction of sp³-hybridized carbons (Fsp3) is 0.235. The van der Waals surface area contributed by atoms with Gasteiger partial charge in [0.1, 0.15) is 11.5 Å². The average Bonchev–Trinajstić information content (AvgIpc) is 2.95. The number of benzene rings is 2. The van der Waals surface area contributed by atoms with Crippen LogP contribution in [0.3, 0.4) is 0 Å². The molecule has 0 bridgehead atoms. The molecule has 2 aromatic carbocycles. The highest BCUT2D eigenvalue weighted by Crippen LogP contribution is 2.27. The molecule has 1 amide bonds. The highest BCUT2D eigenvalue weighted by atomic mass is 79.9. The molecule has 0 atom stereocenters. The van der Waals surface area contributed by atoms with Gasteiger partial charge in [-0.25, -0.2) is 0 Å². The highest BCUT2D eigenvalue weighted by Gasteiger charge is 2.12. The minimum Gasteiger partial charge on any atom is -0.506 e. The van der Waals surface area contributed by atoms with Crippen LogP contribution in [0, 0.1) is 0 Å². The Morgan fingerprint density at radius 3 is 2.82 bits per heavy atom. The Hall–Kier alpha value is -2.01. The first-order valence-corrected chi connectivity index (χ1v) is 7.94. The Bertz CT molecular complexity index is 715. The normalized spacial score (nSPS) is 12.8. The van der Waals surface area contributed by atoms with Crippen molar-refractivity contribution in [2.24, 2.45) is 0 Å². The van der Waals surface area contributed by atoms with Crippen molar-refractivity contribution in [2.75, 3.05) is 11.9 Å². The Morgan fingerprint density at radius 1 is 1.18 bits per heavy atom. The number of nitrogens with one attached hydrogen (secondary N) is 1. The van der Waals surface area contributed by atoms with Crippen LogP contribution in [0.4, 0.5) is 5.69 Å². The van der Waals surface area contributed by atoms with Crippen molar-refractivity contribution >= 4 is 27.5 Å². The number of aromatic hydroxyl groups is 1. The lowest BCUT2D eigenvalue weighted by Gasteiger charge is -2.10. The van der Waals surface area contributed by atoms with Crippen molar-refractivity contribution < 1.29 is 14.6 Å². The van der Waals surface area contributed by atoms with Gasteiger partial charge in [-0.1, -0.05) is 22.0 Å². The van der Waals surface area contributed by atoms with E-state index in [0.29, 0.717) is 11.4 Å². The number of phenolic OH excluding ortho intramolecular Hbond substituents is 1. The zero-order valence-electron chi connectivity index (χ0n) is 11.9. The monoisotopic (exact) mass is 361 g/mol. The fourth-order valence-electron chi connectivity index (χ4n) is 2.58. The van der Waals surface area contributed by atoms with Gasteiger partial charge in [0.15, 0.2) is 6.61 Å². The largest absolute Gasteiger partial charge is 0.506 e. The van der Waals surface area contributed by atoms with Crippen molar-refractivity contribution in [3.05, 3.63) is 52.0 Å². The van der Waals surface area contributed by atoms with Crippen LogP contribution >= 0.6 is 15.9 Å². The van der Waals surface area contributed by atoms with Gasteiger partial charge >= 0.3 is 0 Å². The van der Waals surface area contributed by atoms with E-state index in [1.807, 2.05) is 12.1 Å². The van der Waals surface area contributed by atoms with E-state index in [1.165, 1.54) is 23.6 Å². The number of aryl methyl sites for hydroxylation is 2. The van der Waals surface area contributed by atoms with E-state index in [2.05, 4.69) is 27.3 Å². The van der Waals surface area contributed by atoms with Crippen LogP contribution in [0.5, 0.6) is 11.5 Å². The Labute approximate surface area is 137 Å². The second-order valence-electron chi connectivity index (χ2n) is 5.28. The molecule has 2 N–H and O–H groups in total. The summed E-state index contributed by atoms with van der Waals surface area (Å²) in [5.41, 5.74) is 3.05. The third-order valence-corrected chi connectivity index (χ3v) is 4.17. The summed E-state index contributed by atoms with van der Waals surface area (Å²) >= 11 is 3.25. The predicted molar refractivity (Wildman–Crippen MR) is 88.4 cm³/mol. The van der Waals surface area contributed by atoms with Crippen LogP contribution in [0.15, 0.2) is 40.9 Å². The van der Waals surface area contributed by atoms with Crippen LogP contribution in [0.2, 0.25) is 0 Å². The summed E-state index contributed by atoms with van der Waals surface area (Å²) in [5.74, 6) is 0.411. The summed E-state index contributed by atoms with van der Waals surface area (Å²) in [6.07, 6.45) is 3.38. The second-order valence-corrected chi connectivity index (χ2v) is 6.20. The van der Waals surface area contributed by atoms with Gasteiger partial charge < -0.3 is 15.2 Å². The Kier molecular flexibility index (Phi) is 4.34. The zero-order chi connectivity index (χ0) is 15.5. The molecule has 5 heteroatoms. The molecule has 1 aliphatic carbocycles. The van der Waals surface area contributed by atoms with Crippen molar-refractivity contribution in [1.82, 2.24) is 0 Å². The maximum absolute atomic E-state index is 11.9. The van der Waals surface area contributed by atoms with Crippen molar-refractivity contribution in [3.8, 4) is 11.5 Å². The van der Waals surface area contributed by atoms with E-state index in [0.717, 1.165) is 17.3 Å². The molecule has 0 unspecified atom stereocenters. The van der Waals surface area contributed by atoms with Crippen LogP contribution in [0.1, 0.15) is 17.5 Å². The molecular weight excluding hydrogens is 346 g/mol. The van der Waals surface area contributed by atoms with E-state index < -0.39 is 0 Å². The Balaban J connectivity index is 1.58. The molecule has 4 nitrogen and oxygen atoms in total. The van der Waals surface area contributed by atoms with Gasteiger partial charge in [-0.2, -0.15) is 0 Å². The van der Waals surface area contributed by atoms with Gasteiger partial charge in [-0.3, -0.25) is 4.79 Å². The average molecular weight is 362 g/mol. The standard InChI is InChI=1S/C17H16BrNO3/c18-13-5-7-15(16(20)9-13)19-17(21)10-22-14-6-4-11-2-1-3-12(11)8-14/h4-9,20H,1-3,10H2,(H,19,21). The first-order valence-electron chi connectivity index (χ1n) is 7.15. The zero-order valence-corrected chi connectivity index (χ0v) is 13.5. The van der Waals surface area contributed by atoms with E-state index >= 15 is 0 Å². The molecule has 0 saturated heterocycles. The van der Waals surface area contributed by atoms with Crippen LogP contribution in [-0.4, -0.2) is 17.6 Å². The number of fused-ring (bicyclic) bond motifs is 1. The minimum absolute atomic E-state index is 0.0141. The van der Waals surface area contributed by atoms with Gasteiger partial charge in [0, 0.05) is 4.47 Å². The lowest BCUT2D eigenvalue weighted by molar-refractivity contribution is -0.118. The SMILES string of the molecule is O=C(COc1ccc2c(c1)CCC2)Nc1ccc(Br)cc1O. The molecule has 114 valence electrons. The van der Waals surface area contributed by atoms with E-state index in [9.17, 15) is 9.90 Å². The predicted octanol–water partition coefficient (Wildman–Crippen LogP) is 3.66. The number of anilines is 1. The summed E-state index contributed by atoms with van der Waals surface area (Å²) in [6, 6.07) is 10.9. The van der Waals surface area contributed by atoms with Crippen LogP contribution in [0.25, 0.3) is 0 Å². The molecule has 0 radical (unpaired) electrons. The van der Waals surface area contributed by atoms with Gasteiger partial charge in [0.05, 0.1) is 5.69 Å². The molecule has 0 saturated carbocycles. The van der Waals surface area contributed by atoms with Gasteiger partial charge in [-0.05, 0) is 60.7 Å². The van der Waals surface area contributed by atoms with Crippen molar-refractivity contribution in [2.45, 2.75) is 19.3 Å². The number of hydrogen-bond acceptors (Lipinski definition) is 3. The maximum Gasteiger partial charge on any atom is 0.262 e. The molecule has 0 heterocycles. The lowest BCUT2D eigenvalue weighted by atomic mass is 10.1. The van der Waals surface area contributed by atoms with Crippen LogP contribution < -0.4 is 10.1 Å². The van der Waals surface area contributed by atoms with Gasteiger partial charge in [0.25, 0.3) is 5.91 Å². The van der Waals surface area contributed by atoms with Crippen LogP contribution in [-0.2, 0) is 17.6 Å². The third kappa shape index (κ3) is 3.42. The van der Waals surface area contributed by atoms with Crippen molar-refractivity contribution in [1.29, 1.82) is 0 Å². The first kappa shape index (κ1) is 14.9. The molecule has 0 aliphatic heterocycles. The number of amides is 1. The third-order valence-electron chi connectivity index (χ3n) is 3.67. The molecule has 1 aliphatic rings. The second kappa shape index (κ2) is 6.40. The number of phenols is 1. The topological polar surface area (TPSA) is 58.6 Å². The lowest BCUT2D eigenvalue weighted by Crippen LogP contribution is -2.20. The van der Waals surface area contributed by atoms with Crippen molar-refractivity contribution in [3.63, 3.8) is 0 Å². The highest BCUT2D eigenvalue weighted by molar-refractivity contribution is 9.10. The summed E-state index contributed by atoms with van der Waals surface area (Å²) in [5, 5.41) is 12.4. The van der Waals surface area contributed by atoms with Gasteiger partial charge in [-0.15, -0.1) is 0 Å². The molecule has 2 aromatic rings. The fourth-order valence-corrected chi connectivity index (χ4v) is 2.93. The quantitative estimate of drug-likeness (QED) is 0.817. The van der Waals surface area contributed by atoms with E-state index in [-0.39, 0.29) is 18.3 Å². The minimum atomic E-state index is -0.307. The Morgan fingerprint density at radius 2 is 2.00 bits per heavy atom. The summed E-state index contributed by atoms with van der Waals surface area (Å²) in [6.45, 7) is -0.0890. The summed E-state index contributed by atoms with van der Waals surface area (Å²) in [7, 11) is 0. The number of rotatable bonds is 4.